The maximum Gasteiger partial charge on any atom is 0.163 e. The second-order valence-electron chi connectivity index (χ2n) is 6.13. The minimum atomic E-state index is -0.180. The molecule has 0 radical (unpaired) electrons. The number of likely N-dealkylation sites (tertiary alicyclic amines) is 1. The summed E-state index contributed by atoms with van der Waals surface area (Å²) in [6, 6.07) is 19.5. The van der Waals surface area contributed by atoms with Gasteiger partial charge in [0.25, 0.3) is 0 Å². The molecule has 0 saturated carbocycles. The quantitative estimate of drug-likeness (QED) is 0.795. The van der Waals surface area contributed by atoms with Crippen LogP contribution in [0.15, 0.2) is 60.7 Å². The molecule has 1 aliphatic rings. The molecule has 3 rings (SSSR count). The Bertz CT molecular complexity index is 667. The molecule has 118 valence electrons. The molecule has 1 fully saturated rings. The molecular formula is C20H21NO2. The van der Waals surface area contributed by atoms with E-state index in [1.807, 2.05) is 48.5 Å². The van der Waals surface area contributed by atoms with Crippen molar-refractivity contribution in [1.29, 1.82) is 0 Å². The van der Waals surface area contributed by atoms with Crippen molar-refractivity contribution in [2.75, 3.05) is 13.1 Å². The molecule has 1 unspecified atom stereocenters. The van der Waals surface area contributed by atoms with E-state index in [0.717, 1.165) is 13.1 Å². The fraction of sp³-hybridized carbons (Fsp3) is 0.300. The Morgan fingerprint density at radius 2 is 1.65 bits per heavy atom. The van der Waals surface area contributed by atoms with Crippen molar-refractivity contribution in [2.24, 2.45) is 5.92 Å². The fourth-order valence-corrected chi connectivity index (χ4v) is 3.11. The molecule has 2 aromatic carbocycles. The van der Waals surface area contributed by atoms with E-state index in [-0.39, 0.29) is 17.5 Å². The molecule has 1 atom stereocenters. The minimum absolute atomic E-state index is 0.0607. The van der Waals surface area contributed by atoms with E-state index in [2.05, 4.69) is 17.0 Å². The standard InChI is InChI=1S/C20H21NO2/c22-19-11-12-21(14-16-7-3-1-4-8-16)15-18(19)13-20(23)17-9-5-2-6-10-17/h1-10,18H,11-15H2. The van der Waals surface area contributed by atoms with Crippen molar-refractivity contribution >= 4 is 11.6 Å². The lowest BCUT2D eigenvalue weighted by atomic mass is 9.89. The lowest BCUT2D eigenvalue weighted by molar-refractivity contribution is -0.126. The van der Waals surface area contributed by atoms with Gasteiger partial charge in [-0.05, 0) is 5.56 Å². The van der Waals surface area contributed by atoms with Gasteiger partial charge in [0.05, 0.1) is 0 Å². The first kappa shape index (κ1) is 15.6. The highest BCUT2D eigenvalue weighted by Crippen LogP contribution is 2.20. The Morgan fingerprint density at radius 3 is 2.35 bits per heavy atom. The first-order valence-electron chi connectivity index (χ1n) is 8.09. The summed E-state index contributed by atoms with van der Waals surface area (Å²) in [5.74, 6) is 0.101. The summed E-state index contributed by atoms with van der Waals surface area (Å²) in [5, 5.41) is 0. The number of nitrogens with zero attached hydrogens (tertiary/aromatic N) is 1. The number of hydrogen-bond donors (Lipinski definition) is 0. The molecule has 1 saturated heterocycles. The van der Waals surface area contributed by atoms with E-state index in [1.54, 1.807) is 0 Å². The number of carbonyl (C=O) groups is 2. The van der Waals surface area contributed by atoms with E-state index in [0.29, 0.717) is 24.9 Å². The van der Waals surface area contributed by atoms with Crippen LogP contribution in [0.2, 0.25) is 0 Å². The highest BCUT2D eigenvalue weighted by Gasteiger charge is 2.29. The van der Waals surface area contributed by atoms with Crippen LogP contribution >= 0.6 is 0 Å². The molecule has 3 heteroatoms. The summed E-state index contributed by atoms with van der Waals surface area (Å²) in [6.07, 6.45) is 0.855. The molecular weight excluding hydrogens is 286 g/mol. The van der Waals surface area contributed by atoms with Crippen LogP contribution in [0.25, 0.3) is 0 Å². The van der Waals surface area contributed by atoms with Gasteiger partial charge in [0.1, 0.15) is 5.78 Å². The molecule has 3 nitrogen and oxygen atoms in total. The fourth-order valence-electron chi connectivity index (χ4n) is 3.11. The van der Waals surface area contributed by atoms with E-state index >= 15 is 0 Å². The Kier molecular flexibility index (Phi) is 4.99. The average Bonchev–Trinajstić information content (AvgIpc) is 2.59. The van der Waals surface area contributed by atoms with Crippen molar-refractivity contribution in [1.82, 2.24) is 4.90 Å². The van der Waals surface area contributed by atoms with Gasteiger partial charge in [0.2, 0.25) is 0 Å². The van der Waals surface area contributed by atoms with Crippen LogP contribution in [0.1, 0.15) is 28.8 Å². The van der Waals surface area contributed by atoms with E-state index in [1.165, 1.54) is 5.56 Å². The van der Waals surface area contributed by atoms with Gasteiger partial charge in [0, 0.05) is 44.0 Å². The summed E-state index contributed by atoms with van der Waals surface area (Å²) in [6.45, 7) is 2.29. The molecule has 0 bridgehead atoms. The first-order valence-corrected chi connectivity index (χ1v) is 8.09. The minimum Gasteiger partial charge on any atom is -0.299 e. The third-order valence-corrected chi connectivity index (χ3v) is 4.38. The zero-order valence-electron chi connectivity index (χ0n) is 13.2. The molecule has 1 heterocycles. The van der Waals surface area contributed by atoms with Crippen LogP contribution < -0.4 is 0 Å². The smallest absolute Gasteiger partial charge is 0.163 e. The topological polar surface area (TPSA) is 37.4 Å². The van der Waals surface area contributed by atoms with Crippen LogP contribution in [0.4, 0.5) is 0 Å². The van der Waals surface area contributed by atoms with Gasteiger partial charge in [-0.1, -0.05) is 60.7 Å². The van der Waals surface area contributed by atoms with Crippen LogP contribution in [-0.4, -0.2) is 29.6 Å². The molecule has 0 amide bonds. The first-order chi connectivity index (χ1) is 11.2. The zero-order valence-corrected chi connectivity index (χ0v) is 13.2. The maximum absolute atomic E-state index is 12.4. The van der Waals surface area contributed by atoms with Crippen molar-refractivity contribution in [3.63, 3.8) is 0 Å². The Hall–Kier alpha value is -2.26. The van der Waals surface area contributed by atoms with Crippen molar-refractivity contribution in [3.05, 3.63) is 71.8 Å². The number of hydrogen-bond acceptors (Lipinski definition) is 3. The van der Waals surface area contributed by atoms with Crippen LogP contribution in [-0.2, 0) is 11.3 Å². The van der Waals surface area contributed by atoms with Gasteiger partial charge in [0.15, 0.2) is 5.78 Å². The second kappa shape index (κ2) is 7.34. The van der Waals surface area contributed by atoms with Crippen molar-refractivity contribution in [3.8, 4) is 0 Å². The zero-order chi connectivity index (χ0) is 16.1. The molecule has 0 aliphatic carbocycles. The SMILES string of the molecule is O=C(CC1CN(Cc2ccccc2)CCC1=O)c1ccccc1. The summed E-state index contributed by atoms with van der Waals surface area (Å²) in [7, 11) is 0. The number of carbonyl (C=O) groups excluding carboxylic acids is 2. The normalized spacial score (nSPS) is 18.8. The number of Topliss-reactive ketones (excluding diaryl/α,β-unsaturated/α-hetero) is 2. The summed E-state index contributed by atoms with van der Waals surface area (Å²) in [4.78, 5) is 26.8. The van der Waals surface area contributed by atoms with Gasteiger partial charge < -0.3 is 0 Å². The van der Waals surface area contributed by atoms with Gasteiger partial charge >= 0.3 is 0 Å². The van der Waals surface area contributed by atoms with Crippen molar-refractivity contribution in [2.45, 2.75) is 19.4 Å². The maximum atomic E-state index is 12.4. The highest BCUT2D eigenvalue weighted by molar-refractivity contribution is 5.99. The van der Waals surface area contributed by atoms with E-state index in [4.69, 9.17) is 0 Å². The number of rotatable bonds is 5. The molecule has 23 heavy (non-hydrogen) atoms. The molecule has 0 aromatic heterocycles. The third-order valence-electron chi connectivity index (χ3n) is 4.38. The third kappa shape index (κ3) is 4.14. The summed E-state index contributed by atoms with van der Waals surface area (Å²) >= 11 is 0. The Labute approximate surface area is 136 Å². The largest absolute Gasteiger partial charge is 0.299 e. The van der Waals surface area contributed by atoms with Crippen LogP contribution in [0.3, 0.4) is 0 Å². The van der Waals surface area contributed by atoms with Crippen LogP contribution in [0, 0.1) is 5.92 Å². The number of ketones is 2. The van der Waals surface area contributed by atoms with E-state index < -0.39 is 0 Å². The highest BCUT2D eigenvalue weighted by atomic mass is 16.1. The monoisotopic (exact) mass is 307 g/mol. The van der Waals surface area contributed by atoms with Gasteiger partial charge in [-0.2, -0.15) is 0 Å². The summed E-state index contributed by atoms with van der Waals surface area (Å²) in [5.41, 5.74) is 1.94. The Balaban J connectivity index is 1.62. The lowest BCUT2D eigenvalue weighted by Gasteiger charge is -2.31. The lowest BCUT2D eigenvalue weighted by Crippen LogP contribution is -2.41. The number of benzene rings is 2. The summed E-state index contributed by atoms with van der Waals surface area (Å²) < 4.78 is 0. The number of piperidine rings is 1. The van der Waals surface area contributed by atoms with Gasteiger partial charge in [-0.15, -0.1) is 0 Å². The predicted molar refractivity (Wildman–Crippen MR) is 90.2 cm³/mol. The van der Waals surface area contributed by atoms with Gasteiger partial charge in [-0.25, -0.2) is 0 Å². The molecule has 2 aromatic rings. The second-order valence-corrected chi connectivity index (χ2v) is 6.13. The Morgan fingerprint density at radius 1 is 1.00 bits per heavy atom. The van der Waals surface area contributed by atoms with Crippen molar-refractivity contribution < 1.29 is 9.59 Å². The molecule has 0 N–H and O–H groups in total. The molecule has 1 aliphatic heterocycles. The van der Waals surface area contributed by atoms with Crippen LogP contribution in [0.5, 0.6) is 0 Å². The van der Waals surface area contributed by atoms with E-state index in [9.17, 15) is 9.59 Å². The van der Waals surface area contributed by atoms with Gasteiger partial charge in [-0.3, -0.25) is 14.5 Å². The molecule has 0 spiro atoms. The predicted octanol–water partition coefficient (Wildman–Crippen LogP) is 3.35. The average molecular weight is 307 g/mol.